The van der Waals surface area contributed by atoms with Crippen molar-refractivity contribution in [2.75, 3.05) is 13.2 Å². The molecule has 2 aromatic rings. The maximum absolute atomic E-state index is 12.3. The zero-order valence-electron chi connectivity index (χ0n) is 13.3. The molecule has 1 heterocycles. The Labute approximate surface area is 140 Å². The Hall–Kier alpha value is -1.92. The van der Waals surface area contributed by atoms with Crippen LogP contribution in [0.1, 0.15) is 36.5 Å². The molecule has 0 saturated carbocycles. The number of hydrogen-bond donors (Lipinski definition) is 2. The van der Waals surface area contributed by atoms with Gasteiger partial charge in [0.15, 0.2) is 5.69 Å². The zero-order valence-corrected chi connectivity index (χ0v) is 14.0. The van der Waals surface area contributed by atoms with Crippen LogP contribution in [0.3, 0.4) is 0 Å². The summed E-state index contributed by atoms with van der Waals surface area (Å²) < 4.78 is 1.65. The van der Waals surface area contributed by atoms with Gasteiger partial charge in [0.05, 0.1) is 11.4 Å². The Morgan fingerprint density at radius 1 is 1.48 bits per heavy atom. The lowest BCUT2D eigenvalue weighted by Gasteiger charge is -2.10. The molecule has 0 aliphatic carbocycles. The highest BCUT2D eigenvalue weighted by atomic mass is 35.5. The van der Waals surface area contributed by atoms with E-state index in [-0.39, 0.29) is 18.4 Å². The van der Waals surface area contributed by atoms with Crippen molar-refractivity contribution in [1.82, 2.24) is 20.3 Å². The average molecular weight is 337 g/mol. The minimum absolute atomic E-state index is 0.00319. The molecule has 1 unspecified atom stereocenters. The number of halogens is 1. The average Bonchev–Trinajstić information content (AvgIpc) is 2.96. The van der Waals surface area contributed by atoms with Crippen LogP contribution in [0.5, 0.6) is 0 Å². The molecule has 1 aromatic carbocycles. The normalized spacial score (nSPS) is 12.2. The van der Waals surface area contributed by atoms with E-state index in [1.807, 2.05) is 26.0 Å². The van der Waals surface area contributed by atoms with Crippen molar-refractivity contribution in [2.24, 2.45) is 5.92 Å². The molecule has 1 atom stereocenters. The van der Waals surface area contributed by atoms with Gasteiger partial charge in [-0.15, -0.1) is 5.10 Å². The van der Waals surface area contributed by atoms with Crippen molar-refractivity contribution < 1.29 is 9.90 Å². The Bertz CT molecular complexity index is 672. The van der Waals surface area contributed by atoms with Crippen LogP contribution in [-0.2, 0) is 6.42 Å². The number of carbonyl (C=O) groups is 1. The van der Waals surface area contributed by atoms with Crippen LogP contribution in [0.2, 0.25) is 5.02 Å². The van der Waals surface area contributed by atoms with Gasteiger partial charge in [-0.1, -0.05) is 43.1 Å². The molecule has 1 amide bonds. The summed E-state index contributed by atoms with van der Waals surface area (Å²) in [6.07, 6.45) is 1.54. The summed E-state index contributed by atoms with van der Waals surface area (Å²) in [6.45, 7) is 4.31. The number of hydrogen-bond acceptors (Lipinski definition) is 4. The minimum Gasteiger partial charge on any atom is -0.396 e. The van der Waals surface area contributed by atoms with Gasteiger partial charge in [-0.05, 0) is 30.5 Å². The van der Waals surface area contributed by atoms with Crippen molar-refractivity contribution >= 4 is 17.5 Å². The molecule has 0 aliphatic heterocycles. The van der Waals surface area contributed by atoms with Crippen LogP contribution >= 0.6 is 11.6 Å². The van der Waals surface area contributed by atoms with E-state index in [1.54, 1.807) is 16.8 Å². The SMILES string of the molecule is CCCc1c(C(=O)NCC(C)CO)nnn1-c1cccc(Cl)c1. The van der Waals surface area contributed by atoms with Gasteiger partial charge in [0.1, 0.15) is 0 Å². The molecule has 2 rings (SSSR count). The molecule has 2 N–H and O–H groups in total. The second kappa shape index (κ2) is 8.08. The third-order valence-electron chi connectivity index (χ3n) is 3.44. The smallest absolute Gasteiger partial charge is 0.273 e. The molecule has 6 nitrogen and oxygen atoms in total. The van der Waals surface area contributed by atoms with Crippen molar-refractivity contribution in [2.45, 2.75) is 26.7 Å². The summed E-state index contributed by atoms with van der Waals surface area (Å²) in [7, 11) is 0. The van der Waals surface area contributed by atoms with Gasteiger partial charge >= 0.3 is 0 Å². The number of rotatable bonds is 7. The molecule has 1 aromatic heterocycles. The molecule has 0 radical (unpaired) electrons. The number of amides is 1. The number of carbonyl (C=O) groups excluding carboxylic acids is 1. The minimum atomic E-state index is -0.276. The van der Waals surface area contributed by atoms with Gasteiger partial charge in [-0.25, -0.2) is 4.68 Å². The molecule has 23 heavy (non-hydrogen) atoms. The standard InChI is InChI=1S/C16H21ClN4O2/c1-3-5-14-15(16(23)18-9-11(2)10-22)19-20-21(14)13-7-4-6-12(17)8-13/h4,6-8,11,22H,3,5,9-10H2,1-2H3,(H,18,23). The molecule has 0 fully saturated rings. The van der Waals surface area contributed by atoms with Crippen molar-refractivity contribution in [3.05, 3.63) is 40.7 Å². The monoisotopic (exact) mass is 336 g/mol. The first kappa shape index (κ1) is 17.4. The van der Waals surface area contributed by atoms with E-state index in [2.05, 4.69) is 15.6 Å². The van der Waals surface area contributed by atoms with Gasteiger partial charge in [-0.3, -0.25) is 4.79 Å². The first-order valence-electron chi connectivity index (χ1n) is 7.66. The largest absolute Gasteiger partial charge is 0.396 e. The summed E-state index contributed by atoms with van der Waals surface area (Å²) in [5.74, 6) is -0.279. The summed E-state index contributed by atoms with van der Waals surface area (Å²) in [5.41, 5.74) is 1.84. The molecular weight excluding hydrogens is 316 g/mol. The molecule has 7 heteroatoms. The lowest BCUT2D eigenvalue weighted by molar-refractivity contribution is 0.0936. The highest BCUT2D eigenvalue weighted by molar-refractivity contribution is 6.30. The van der Waals surface area contributed by atoms with Crippen molar-refractivity contribution in [1.29, 1.82) is 0 Å². The Morgan fingerprint density at radius 3 is 2.91 bits per heavy atom. The second-order valence-corrected chi connectivity index (χ2v) is 5.96. The van der Waals surface area contributed by atoms with Crippen LogP contribution in [0, 0.1) is 5.92 Å². The maximum Gasteiger partial charge on any atom is 0.273 e. The highest BCUT2D eigenvalue weighted by Gasteiger charge is 2.20. The van der Waals surface area contributed by atoms with Gasteiger partial charge in [0.25, 0.3) is 5.91 Å². The summed E-state index contributed by atoms with van der Waals surface area (Å²) in [6, 6.07) is 7.27. The van der Waals surface area contributed by atoms with Crippen LogP contribution in [0.15, 0.2) is 24.3 Å². The predicted molar refractivity (Wildman–Crippen MR) is 88.9 cm³/mol. The summed E-state index contributed by atoms with van der Waals surface area (Å²) in [4.78, 5) is 12.3. The fourth-order valence-electron chi connectivity index (χ4n) is 2.17. The molecule has 124 valence electrons. The fraction of sp³-hybridized carbons (Fsp3) is 0.438. The number of benzene rings is 1. The number of aliphatic hydroxyl groups excluding tert-OH is 1. The molecule has 0 bridgehead atoms. The predicted octanol–water partition coefficient (Wildman–Crippen LogP) is 2.23. The van der Waals surface area contributed by atoms with Gasteiger partial charge < -0.3 is 10.4 Å². The maximum atomic E-state index is 12.3. The first-order valence-corrected chi connectivity index (χ1v) is 8.04. The quantitative estimate of drug-likeness (QED) is 0.812. The Morgan fingerprint density at radius 2 is 2.26 bits per heavy atom. The van der Waals surface area contributed by atoms with E-state index in [0.29, 0.717) is 23.7 Å². The second-order valence-electron chi connectivity index (χ2n) is 5.52. The number of nitrogens with zero attached hydrogens (tertiary/aromatic N) is 3. The highest BCUT2D eigenvalue weighted by Crippen LogP contribution is 2.18. The summed E-state index contributed by atoms with van der Waals surface area (Å²) in [5, 5.41) is 20.6. The molecule has 0 aliphatic rings. The topological polar surface area (TPSA) is 80.0 Å². The Kier molecular flexibility index (Phi) is 6.12. The molecule has 0 saturated heterocycles. The van der Waals surface area contributed by atoms with E-state index in [1.165, 1.54) is 0 Å². The molecule has 0 spiro atoms. The van der Waals surface area contributed by atoms with E-state index >= 15 is 0 Å². The van der Waals surface area contributed by atoms with Crippen LogP contribution in [0.4, 0.5) is 0 Å². The van der Waals surface area contributed by atoms with Crippen LogP contribution in [0.25, 0.3) is 5.69 Å². The fourth-order valence-corrected chi connectivity index (χ4v) is 2.35. The number of nitrogens with one attached hydrogen (secondary N) is 1. The van der Waals surface area contributed by atoms with E-state index in [9.17, 15) is 4.79 Å². The van der Waals surface area contributed by atoms with Crippen LogP contribution in [-0.4, -0.2) is 39.2 Å². The van der Waals surface area contributed by atoms with E-state index in [4.69, 9.17) is 16.7 Å². The van der Waals surface area contributed by atoms with E-state index < -0.39 is 0 Å². The third kappa shape index (κ3) is 4.30. The van der Waals surface area contributed by atoms with Crippen molar-refractivity contribution in [3.8, 4) is 5.69 Å². The Balaban J connectivity index is 2.29. The van der Waals surface area contributed by atoms with Gasteiger partial charge in [-0.2, -0.15) is 0 Å². The van der Waals surface area contributed by atoms with Gasteiger partial charge in [0, 0.05) is 18.2 Å². The number of aliphatic hydroxyl groups is 1. The van der Waals surface area contributed by atoms with Crippen molar-refractivity contribution in [3.63, 3.8) is 0 Å². The number of aromatic nitrogens is 3. The zero-order chi connectivity index (χ0) is 16.8. The summed E-state index contributed by atoms with van der Waals surface area (Å²) >= 11 is 6.03. The van der Waals surface area contributed by atoms with Gasteiger partial charge in [0.2, 0.25) is 0 Å². The first-order chi connectivity index (χ1) is 11.1. The third-order valence-corrected chi connectivity index (χ3v) is 3.68. The molecular formula is C16H21ClN4O2. The van der Waals surface area contributed by atoms with E-state index in [0.717, 1.165) is 17.8 Å². The lowest BCUT2D eigenvalue weighted by atomic mass is 10.1. The lowest BCUT2D eigenvalue weighted by Crippen LogP contribution is -2.30. The van der Waals surface area contributed by atoms with Crippen LogP contribution < -0.4 is 5.32 Å².